The predicted octanol–water partition coefficient (Wildman–Crippen LogP) is 2.44. The summed E-state index contributed by atoms with van der Waals surface area (Å²) in [6, 6.07) is 3.82. The van der Waals surface area contributed by atoms with Gasteiger partial charge in [-0.3, -0.25) is 0 Å². The zero-order valence-corrected chi connectivity index (χ0v) is 12.5. The van der Waals surface area contributed by atoms with Crippen molar-refractivity contribution < 1.29 is 14.6 Å². The lowest BCUT2D eigenvalue weighted by atomic mass is 10.0. The Labute approximate surface area is 124 Å². The molecule has 0 bridgehead atoms. The van der Waals surface area contributed by atoms with E-state index in [-0.39, 0.29) is 19.1 Å². The normalized spacial score (nSPS) is 21.0. The molecule has 2 rings (SSSR count). The second-order valence-electron chi connectivity index (χ2n) is 4.77. The molecule has 2 unspecified atom stereocenters. The van der Waals surface area contributed by atoms with Crippen LogP contribution in [-0.2, 0) is 15.9 Å². The van der Waals surface area contributed by atoms with Crippen LogP contribution in [0.4, 0.5) is 11.4 Å². The lowest BCUT2D eigenvalue weighted by Gasteiger charge is -2.35. The average Bonchev–Trinajstić information content (AvgIpc) is 2.45. The van der Waals surface area contributed by atoms with Crippen LogP contribution in [0.25, 0.3) is 0 Å². The number of fused-ring (bicyclic) bond motifs is 1. The number of hydrogen-bond acceptors (Lipinski definition) is 5. The van der Waals surface area contributed by atoms with Crippen LogP contribution in [0.5, 0.6) is 0 Å². The Bertz CT molecular complexity index is 456. The van der Waals surface area contributed by atoms with Crippen molar-refractivity contribution in [2.75, 3.05) is 31.5 Å². The fourth-order valence-corrected chi connectivity index (χ4v) is 2.62. The molecule has 2 atom stereocenters. The number of anilines is 2. The molecule has 20 heavy (non-hydrogen) atoms. The Morgan fingerprint density at radius 3 is 2.50 bits per heavy atom. The van der Waals surface area contributed by atoms with Crippen LogP contribution in [0.15, 0.2) is 12.1 Å². The van der Waals surface area contributed by atoms with Crippen LogP contribution < -0.4 is 10.6 Å². The summed E-state index contributed by atoms with van der Waals surface area (Å²) < 4.78 is 10.7. The van der Waals surface area contributed by atoms with Crippen LogP contribution >= 0.6 is 11.6 Å². The maximum Gasteiger partial charge on any atom is 0.172 e. The maximum atomic E-state index is 8.89. The predicted molar refractivity (Wildman–Crippen MR) is 80.3 cm³/mol. The minimum absolute atomic E-state index is 0.209. The highest BCUT2D eigenvalue weighted by Gasteiger charge is 2.28. The average molecular weight is 301 g/mol. The van der Waals surface area contributed by atoms with Crippen LogP contribution in [-0.4, -0.2) is 38.4 Å². The van der Waals surface area contributed by atoms with Gasteiger partial charge in [0.2, 0.25) is 0 Å². The number of aliphatic hydroxyl groups excluding tert-OH is 1. The number of benzene rings is 1. The maximum absolute atomic E-state index is 8.89. The molecule has 0 saturated carbocycles. The second-order valence-corrected chi connectivity index (χ2v) is 5.21. The highest BCUT2D eigenvalue weighted by atomic mass is 35.5. The van der Waals surface area contributed by atoms with Crippen LogP contribution in [0.1, 0.15) is 18.4 Å². The molecular formula is C14H21ClN2O3. The topological polar surface area (TPSA) is 62.8 Å². The van der Waals surface area contributed by atoms with Crippen molar-refractivity contribution in [2.24, 2.45) is 0 Å². The molecule has 1 aromatic carbocycles. The third-order valence-corrected chi connectivity index (χ3v) is 3.62. The summed E-state index contributed by atoms with van der Waals surface area (Å²) >= 11 is 6.17. The van der Waals surface area contributed by atoms with E-state index in [1.165, 1.54) is 0 Å². The summed E-state index contributed by atoms with van der Waals surface area (Å²) in [4.78, 5) is 0. The molecule has 5 nitrogen and oxygen atoms in total. The van der Waals surface area contributed by atoms with E-state index < -0.39 is 0 Å². The third kappa shape index (κ3) is 3.35. The molecule has 1 heterocycles. The minimum Gasteiger partial charge on any atom is -0.396 e. The first-order chi connectivity index (χ1) is 9.69. The molecule has 1 aliphatic heterocycles. The van der Waals surface area contributed by atoms with Gasteiger partial charge in [0, 0.05) is 25.8 Å². The van der Waals surface area contributed by atoms with Gasteiger partial charge in [0.25, 0.3) is 0 Å². The van der Waals surface area contributed by atoms with Gasteiger partial charge < -0.3 is 25.2 Å². The van der Waals surface area contributed by atoms with Crippen LogP contribution in [0.2, 0.25) is 5.02 Å². The minimum atomic E-state index is -0.267. The summed E-state index contributed by atoms with van der Waals surface area (Å²) in [5, 5.41) is 16.2. The standard InChI is InChI=1S/C14H21ClN2O3/c1-19-13-14(20-2)17-12-9(5-3-4-6-18)7-10(15)8-11(12)16-13/h7-8,13-14,16-18H,3-6H2,1-2H3. The quantitative estimate of drug-likeness (QED) is 0.704. The van der Waals surface area contributed by atoms with Gasteiger partial charge in [-0.05, 0) is 37.0 Å². The summed E-state index contributed by atoms with van der Waals surface area (Å²) in [5.41, 5.74) is 3.02. The first-order valence-electron chi connectivity index (χ1n) is 6.71. The van der Waals surface area contributed by atoms with E-state index in [4.69, 9.17) is 26.2 Å². The van der Waals surface area contributed by atoms with E-state index in [1.807, 2.05) is 12.1 Å². The number of ether oxygens (including phenoxy) is 2. The SMILES string of the molecule is COC1Nc2cc(Cl)cc(CCCCO)c2NC1OC. The van der Waals surface area contributed by atoms with E-state index in [2.05, 4.69) is 10.6 Å². The van der Waals surface area contributed by atoms with Gasteiger partial charge in [0.05, 0.1) is 11.4 Å². The van der Waals surface area contributed by atoms with Crippen molar-refractivity contribution >= 4 is 23.0 Å². The van der Waals surface area contributed by atoms with Crippen molar-refractivity contribution in [1.82, 2.24) is 0 Å². The van der Waals surface area contributed by atoms with Gasteiger partial charge in [-0.25, -0.2) is 0 Å². The lowest BCUT2D eigenvalue weighted by molar-refractivity contribution is -0.00802. The second kappa shape index (κ2) is 7.13. The third-order valence-electron chi connectivity index (χ3n) is 3.41. The van der Waals surface area contributed by atoms with Crippen molar-refractivity contribution in [3.63, 3.8) is 0 Å². The molecule has 3 N–H and O–H groups in total. The Balaban J connectivity index is 2.25. The molecule has 0 fully saturated rings. The first kappa shape index (κ1) is 15.4. The Hall–Kier alpha value is -1.01. The van der Waals surface area contributed by atoms with E-state index in [0.29, 0.717) is 5.02 Å². The molecule has 1 aliphatic rings. The zero-order chi connectivity index (χ0) is 14.5. The largest absolute Gasteiger partial charge is 0.396 e. The van der Waals surface area contributed by atoms with E-state index in [9.17, 15) is 0 Å². The van der Waals surface area contributed by atoms with Crippen LogP contribution in [0.3, 0.4) is 0 Å². The number of rotatable bonds is 6. The monoisotopic (exact) mass is 300 g/mol. The summed E-state index contributed by atoms with van der Waals surface area (Å²) in [7, 11) is 3.26. The molecular weight excluding hydrogens is 280 g/mol. The van der Waals surface area contributed by atoms with Gasteiger partial charge in [0.1, 0.15) is 0 Å². The zero-order valence-electron chi connectivity index (χ0n) is 11.8. The molecule has 0 aromatic heterocycles. The Morgan fingerprint density at radius 1 is 1.15 bits per heavy atom. The number of halogens is 1. The summed E-state index contributed by atoms with van der Waals surface area (Å²) in [6.07, 6.45) is 2.02. The molecule has 112 valence electrons. The number of methoxy groups -OCH3 is 2. The molecule has 0 aliphatic carbocycles. The van der Waals surface area contributed by atoms with Crippen molar-refractivity contribution in [3.05, 3.63) is 22.7 Å². The van der Waals surface area contributed by atoms with Crippen molar-refractivity contribution in [3.8, 4) is 0 Å². The number of hydrogen-bond donors (Lipinski definition) is 3. The number of aliphatic hydroxyl groups is 1. The molecule has 6 heteroatoms. The molecule has 1 aromatic rings. The fourth-order valence-electron chi connectivity index (χ4n) is 2.38. The first-order valence-corrected chi connectivity index (χ1v) is 7.09. The molecule has 0 radical (unpaired) electrons. The van der Waals surface area contributed by atoms with Gasteiger partial charge >= 0.3 is 0 Å². The summed E-state index contributed by atoms with van der Waals surface area (Å²) in [5.74, 6) is 0. The number of aryl methyl sites for hydroxylation is 1. The van der Waals surface area contributed by atoms with E-state index >= 15 is 0 Å². The van der Waals surface area contributed by atoms with Gasteiger partial charge in [-0.2, -0.15) is 0 Å². The van der Waals surface area contributed by atoms with Crippen LogP contribution in [0, 0.1) is 0 Å². The molecule has 0 spiro atoms. The van der Waals surface area contributed by atoms with Crippen molar-refractivity contribution in [2.45, 2.75) is 31.7 Å². The highest BCUT2D eigenvalue weighted by Crippen LogP contribution is 2.36. The van der Waals surface area contributed by atoms with Crippen molar-refractivity contribution in [1.29, 1.82) is 0 Å². The number of nitrogens with one attached hydrogen (secondary N) is 2. The highest BCUT2D eigenvalue weighted by molar-refractivity contribution is 6.31. The smallest absolute Gasteiger partial charge is 0.172 e. The van der Waals surface area contributed by atoms with Gasteiger partial charge in [-0.1, -0.05) is 11.6 Å². The molecule has 0 amide bonds. The van der Waals surface area contributed by atoms with E-state index in [0.717, 1.165) is 36.2 Å². The van der Waals surface area contributed by atoms with Gasteiger partial charge in [-0.15, -0.1) is 0 Å². The molecule has 0 saturated heterocycles. The Kier molecular flexibility index (Phi) is 5.48. The van der Waals surface area contributed by atoms with E-state index in [1.54, 1.807) is 14.2 Å². The fraction of sp³-hybridized carbons (Fsp3) is 0.571. The number of unbranched alkanes of at least 4 members (excludes halogenated alkanes) is 1. The summed E-state index contributed by atoms with van der Waals surface area (Å²) in [6.45, 7) is 0.209. The lowest BCUT2D eigenvalue weighted by Crippen LogP contribution is -2.45. The Morgan fingerprint density at radius 2 is 1.85 bits per heavy atom. The van der Waals surface area contributed by atoms with Gasteiger partial charge in [0.15, 0.2) is 12.5 Å².